The van der Waals surface area contributed by atoms with Gasteiger partial charge in [0.2, 0.25) is 0 Å². The molecule has 9 atom stereocenters. The molecule has 0 aliphatic heterocycles. The highest BCUT2D eigenvalue weighted by atomic mass is 16.5. The summed E-state index contributed by atoms with van der Waals surface area (Å²) in [5, 5.41) is 0. The van der Waals surface area contributed by atoms with E-state index in [2.05, 4.69) is 13.8 Å². The monoisotopic (exact) mass is 542 g/mol. The van der Waals surface area contributed by atoms with E-state index in [9.17, 15) is 14.4 Å². The molecule has 4 aliphatic rings. The second-order valence-corrected chi connectivity index (χ2v) is 13.5. The first-order valence-corrected chi connectivity index (χ1v) is 15.2. The number of ketones is 1. The molecule has 4 saturated carbocycles. The van der Waals surface area contributed by atoms with Crippen LogP contribution in [0.15, 0.2) is 60.7 Å². The molecule has 212 valence electrons. The maximum atomic E-state index is 13.4. The van der Waals surface area contributed by atoms with E-state index in [0.29, 0.717) is 28.9 Å². The summed E-state index contributed by atoms with van der Waals surface area (Å²) in [6, 6.07) is 18.5. The highest BCUT2D eigenvalue weighted by Crippen LogP contribution is 2.68. The van der Waals surface area contributed by atoms with Gasteiger partial charge in [0.15, 0.2) is 0 Å². The Morgan fingerprint density at radius 2 is 1.38 bits per heavy atom. The van der Waals surface area contributed by atoms with E-state index in [1.54, 1.807) is 19.1 Å². The summed E-state index contributed by atoms with van der Waals surface area (Å²) in [5.74, 6) is 1.36. The van der Waals surface area contributed by atoms with Gasteiger partial charge < -0.3 is 9.47 Å². The molecule has 0 radical (unpaired) electrons. The van der Waals surface area contributed by atoms with Crippen molar-refractivity contribution in [2.24, 2.45) is 40.4 Å². The number of rotatable bonds is 5. The van der Waals surface area contributed by atoms with Crippen molar-refractivity contribution in [3.05, 3.63) is 71.8 Å². The quantitative estimate of drug-likeness (QED) is 0.371. The van der Waals surface area contributed by atoms with Crippen molar-refractivity contribution in [2.45, 2.75) is 84.3 Å². The lowest BCUT2D eigenvalue weighted by Crippen LogP contribution is -2.60. The Morgan fingerprint density at radius 1 is 0.750 bits per heavy atom. The van der Waals surface area contributed by atoms with E-state index in [1.807, 2.05) is 48.5 Å². The summed E-state index contributed by atoms with van der Waals surface area (Å²) in [6.45, 7) is 6.45. The lowest BCUT2D eigenvalue weighted by molar-refractivity contribution is -0.179. The van der Waals surface area contributed by atoms with E-state index in [1.165, 1.54) is 0 Å². The van der Waals surface area contributed by atoms with Crippen LogP contribution in [-0.4, -0.2) is 29.9 Å². The van der Waals surface area contributed by atoms with E-state index in [-0.39, 0.29) is 52.6 Å². The van der Waals surface area contributed by atoms with Crippen LogP contribution in [0.5, 0.6) is 0 Å². The number of carbonyl (C=O) groups excluding carboxylic acids is 3. The standard InChI is InChI=1S/C35H42O5/c1-22(36)28-16-17-29-27-15-14-25-20-26(39-32(37)23-10-6-4-7-11-23)18-19-34(25,2)31(27)30(21-35(28,29)3)40-33(38)24-12-8-5-9-13-24/h4-13,25-31H,14-21H2,1-3H3/t25-,26?,27?,28?,29?,30?,31?,34+,35-/m1/s1. The summed E-state index contributed by atoms with van der Waals surface area (Å²) in [4.78, 5) is 39.0. The highest BCUT2D eigenvalue weighted by Gasteiger charge is 2.64. The third kappa shape index (κ3) is 4.59. The van der Waals surface area contributed by atoms with Crippen LogP contribution in [0.2, 0.25) is 0 Å². The van der Waals surface area contributed by atoms with Crippen molar-refractivity contribution in [1.29, 1.82) is 0 Å². The number of fused-ring (bicyclic) bond motifs is 5. The van der Waals surface area contributed by atoms with Crippen molar-refractivity contribution in [3.8, 4) is 0 Å². The first-order chi connectivity index (χ1) is 19.2. The molecule has 6 unspecified atom stereocenters. The van der Waals surface area contributed by atoms with Gasteiger partial charge in [0.05, 0.1) is 11.1 Å². The number of hydrogen-bond acceptors (Lipinski definition) is 5. The maximum absolute atomic E-state index is 13.4. The number of hydrogen-bond donors (Lipinski definition) is 0. The number of ether oxygens (including phenoxy) is 2. The second kappa shape index (κ2) is 10.5. The summed E-state index contributed by atoms with van der Waals surface area (Å²) in [5.41, 5.74) is 1.03. The Kier molecular flexibility index (Phi) is 7.13. The highest BCUT2D eigenvalue weighted by molar-refractivity contribution is 5.90. The molecule has 5 nitrogen and oxygen atoms in total. The molecule has 5 heteroatoms. The van der Waals surface area contributed by atoms with Crippen molar-refractivity contribution in [1.82, 2.24) is 0 Å². The van der Waals surface area contributed by atoms with E-state index in [4.69, 9.17) is 9.47 Å². The van der Waals surface area contributed by atoms with Gasteiger partial charge in [0.25, 0.3) is 0 Å². The number of benzene rings is 2. The molecular weight excluding hydrogens is 500 g/mol. The Morgan fingerprint density at radius 3 is 2.00 bits per heavy atom. The minimum Gasteiger partial charge on any atom is -0.459 e. The average molecular weight is 543 g/mol. The third-order valence-corrected chi connectivity index (χ3v) is 11.6. The number of carbonyl (C=O) groups is 3. The smallest absolute Gasteiger partial charge is 0.338 e. The van der Waals surface area contributed by atoms with Gasteiger partial charge >= 0.3 is 11.9 Å². The minimum absolute atomic E-state index is 0.00412. The third-order valence-electron chi connectivity index (χ3n) is 11.6. The predicted octanol–water partition coefficient (Wildman–Crippen LogP) is 7.30. The minimum atomic E-state index is -0.264. The molecule has 0 heterocycles. The van der Waals surface area contributed by atoms with Crippen LogP contribution in [0.3, 0.4) is 0 Å². The fourth-order valence-corrected chi connectivity index (χ4v) is 9.77. The molecule has 0 spiro atoms. The van der Waals surface area contributed by atoms with Crippen LogP contribution in [0.4, 0.5) is 0 Å². The molecule has 0 aromatic heterocycles. The van der Waals surface area contributed by atoms with Crippen molar-refractivity contribution < 1.29 is 23.9 Å². The van der Waals surface area contributed by atoms with Crippen molar-refractivity contribution >= 4 is 17.7 Å². The average Bonchev–Trinajstić information content (AvgIpc) is 3.31. The molecule has 2 aromatic rings. The van der Waals surface area contributed by atoms with Crippen LogP contribution in [0, 0.1) is 40.4 Å². The number of Topliss-reactive ketones (excluding diaryl/α,β-unsaturated/α-hetero) is 1. The zero-order chi connectivity index (χ0) is 28.1. The van der Waals surface area contributed by atoms with E-state index in [0.717, 1.165) is 51.4 Å². The van der Waals surface area contributed by atoms with Crippen molar-refractivity contribution in [2.75, 3.05) is 0 Å². The van der Waals surface area contributed by atoms with E-state index < -0.39 is 0 Å². The summed E-state index contributed by atoms with van der Waals surface area (Å²) in [6.07, 6.45) is 7.26. The molecule has 0 saturated heterocycles. The summed E-state index contributed by atoms with van der Waals surface area (Å²) >= 11 is 0. The van der Waals surface area contributed by atoms with Crippen LogP contribution in [0.25, 0.3) is 0 Å². The Hall–Kier alpha value is -2.95. The first kappa shape index (κ1) is 27.2. The maximum Gasteiger partial charge on any atom is 0.338 e. The van der Waals surface area contributed by atoms with Gasteiger partial charge in [-0.15, -0.1) is 0 Å². The Bertz CT molecular complexity index is 1260. The molecule has 40 heavy (non-hydrogen) atoms. The molecule has 0 N–H and O–H groups in total. The van der Waals surface area contributed by atoms with Gasteiger partial charge in [-0.3, -0.25) is 4.79 Å². The van der Waals surface area contributed by atoms with Gasteiger partial charge in [0.1, 0.15) is 18.0 Å². The Labute approximate surface area is 238 Å². The largest absolute Gasteiger partial charge is 0.459 e. The normalized spacial score (nSPS) is 38.3. The van der Waals surface area contributed by atoms with Gasteiger partial charge in [-0.05, 0) is 111 Å². The lowest BCUT2D eigenvalue weighted by atomic mass is 9.43. The van der Waals surface area contributed by atoms with Crippen molar-refractivity contribution in [3.63, 3.8) is 0 Å². The summed E-state index contributed by atoms with van der Waals surface area (Å²) in [7, 11) is 0. The SMILES string of the molecule is CC(=O)C1CCC2C3CC[C@@H]4CC(OC(=O)c5ccccc5)CC[C@]4(C)C3C(OC(=O)c3ccccc3)C[C@]12C. The van der Waals surface area contributed by atoms with Gasteiger partial charge in [-0.25, -0.2) is 9.59 Å². The predicted molar refractivity (Wildman–Crippen MR) is 153 cm³/mol. The molecule has 2 aromatic carbocycles. The van der Waals surface area contributed by atoms with Gasteiger partial charge in [0, 0.05) is 11.8 Å². The molecule has 0 amide bonds. The molecule has 0 bridgehead atoms. The summed E-state index contributed by atoms with van der Waals surface area (Å²) < 4.78 is 12.5. The van der Waals surface area contributed by atoms with Gasteiger partial charge in [-0.2, -0.15) is 0 Å². The molecule has 4 aliphatic carbocycles. The molecule has 4 fully saturated rings. The number of esters is 2. The Balaban J connectivity index is 1.27. The first-order valence-electron chi connectivity index (χ1n) is 15.2. The van der Waals surface area contributed by atoms with Crippen LogP contribution >= 0.6 is 0 Å². The topological polar surface area (TPSA) is 69.7 Å². The fourth-order valence-electron chi connectivity index (χ4n) is 9.77. The molecule has 6 rings (SSSR count). The lowest BCUT2D eigenvalue weighted by Gasteiger charge is -2.62. The zero-order valence-corrected chi connectivity index (χ0v) is 24.0. The van der Waals surface area contributed by atoms with E-state index >= 15 is 0 Å². The zero-order valence-electron chi connectivity index (χ0n) is 24.0. The van der Waals surface area contributed by atoms with Crippen LogP contribution < -0.4 is 0 Å². The fraction of sp³-hybridized carbons (Fsp3) is 0.571. The van der Waals surface area contributed by atoms with Crippen LogP contribution in [0.1, 0.15) is 92.9 Å². The molecular formula is C35H42O5. The second-order valence-electron chi connectivity index (χ2n) is 13.5. The van der Waals surface area contributed by atoms with Gasteiger partial charge in [-0.1, -0.05) is 50.2 Å². The van der Waals surface area contributed by atoms with Crippen LogP contribution in [-0.2, 0) is 14.3 Å².